The van der Waals surface area contributed by atoms with Crippen LogP contribution in [-0.4, -0.2) is 29.0 Å². The zero-order valence-corrected chi connectivity index (χ0v) is 17.0. The van der Waals surface area contributed by atoms with E-state index in [1.807, 2.05) is 48.5 Å². The molecule has 0 aliphatic carbocycles. The van der Waals surface area contributed by atoms with Gasteiger partial charge in [-0.3, -0.25) is 4.79 Å². The van der Waals surface area contributed by atoms with Crippen LogP contribution in [0.4, 0.5) is 5.82 Å². The molecule has 1 aliphatic rings. The highest BCUT2D eigenvalue weighted by atomic mass is 32.2. The number of rotatable bonds is 6. The van der Waals surface area contributed by atoms with Gasteiger partial charge in [0.2, 0.25) is 5.91 Å². The Kier molecular flexibility index (Phi) is 6.42. The van der Waals surface area contributed by atoms with Crippen LogP contribution >= 0.6 is 11.8 Å². The average Bonchev–Trinajstić information content (AvgIpc) is 2.79. The van der Waals surface area contributed by atoms with E-state index in [1.165, 1.54) is 0 Å². The van der Waals surface area contributed by atoms with Crippen LogP contribution in [0.2, 0.25) is 0 Å². The van der Waals surface area contributed by atoms with E-state index in [1.54, 1.807) is 24.2 Å². The van der Waals surface area contributed by atoms with Gasteiger partial charge in [-0.2, -0.15) is 0 Å². The standard InChI is InChI=1S/C23H24N4OS/c28-22(26-17-18-7-3-1-4-8-18)19-11-15-27(16-12-19)21-23(25-14-13-24-21)29-20-9-5-2-6-10-20/h1-10,13-14,19H,11-12,15-17H2,(H,26,28). The molecule has 0 spiro atoms. The van der Waals surface area contributed by atoms with Crippen molar-refractivity contribution in [1.82, 2.24) is 15.3 Å². The fourth-order valence-electron chi connectivity index (χ4n) is 3.49. The van der Waals surface area contributed by atoms with Gasteiger partial charge >= 0.3 is 0 Å². The summed E-state index contributed by atoms with van der Waals surface area (Å²) < 4.78 is 0. The highest BCUT2D eigenvalue weighted by molar-refractivity contribution is 7.99. The number of nitrogens with one attached hydrogen (secondary N) is 1. The fourth-order valence-corrected chi connectivity index (χ4v) is 4.39. The molecule has 1 amide bonds. The van der Waals surface area contributed by atoms with Gasteiger partial charge in [-0.25, -0.2) is 9.97 Å². The van der Waals surface area contributed by atoms with Crippen molar-refractivity contribution >= 4 is 23.5 Å². The topological polar surface area (TPSA) is 58.1 Å². The normalized spacial score (nSPS) is 14.6. The van der Waals surface area contributed by atoms with Gasteiger partial charge in [0.05, 0.1) is 0 Å². The Balaban J connectivity index is 1.34. The van der Waals surface area contributed by atoms with Crippen molar-refractivity contribution in [2.24, 2.45) is 5.92 Å². The van der Waals surface area contributed by atoms with Crippen molar-refractivity contribution in [1.29, 1.82) is 0 Å². The number of carbonyl (C=O) groups is 1. The zero-order chi connectivity index (χ0) is 19.9. The molecule has 2 aromatic carbocycles. The molecular weight excluding hydrogens is 380 g/mol. The summed E-state index contributed by atoms with van der Waals surface area (Å²) in [6.07, 6.45) is 5.13. The molecule has 148 valence electrons. The highest BCUT2D eigenvalue weighted by Gasteiger charge is 2.27. The summed E-state index contributed by atoms with van der Waals surface area (Å²) in [6, 6.07) is 20.2. The molecule has 0 saturated carbocycles. The van der Waals surface area contributed by atoms with Crippen molar-refractivity contribution in [3.05, 3.63) is 78.6 Å². The first kappa shape index (κ1) is 19.5. The van der Waals surface area contributed by atoms with Crippen LogP contribution in [0.1, 0.15) is 18.4 Å². The summed E-state index contributed by atoms with van der Waals surface area (Å²) in [6.45, 7) is 2.21. The van der Waals surface area contributed by atoms with Gasteiger partial charge in [0.1, 0.15) is 5.03 Å². The van der Waals surface area contributed by atoms with Gasteiger partial charge in [-0.05, 0) is 30.5 Å². The van der Waals surface area contributed by atoms with Crippen LogP contribution in [0.5, 0.6) is 0 Å². The Hall–Kier alpha value is -2.86. The molecule has 1 N–H and O–H groups in total. The largest absolute Gasteiger partial charge is 0.354 e. The Morgan fingerprint density at radius 1 is 0.966 bits per heavy atom. The quantitative estimate of drug-likeness (QED) is 0.668. The molecule has 0 bridgehead atoms. The van der Waals surface area contributed by atoms with Crippen molar-refractivity contribution in [3.63, 3.8) is 0 Å². The highest BCUT2D eigenvalue weighted by Crippen LogP contribution is 2.33. The van der Waals surface area contributed by atoms with Gasteiger partial charge in [-0.15, -0.1) is 0 Å². The first-order valence-electron chi connectivity index (χ1n) is 9.90. The lowest BCUT2D eigenvalue weighted by Crippen LogP contribution is -2.40. The van der Waals surface area contributed by atoms with Gasteiger partial charge in [0, 0.05) is 42.8 Å². The SMILES string of the molecule is O=C(NCc1ccccc1)C1CCN(c2nccnc2Sc2ccccc2)CC1. The molecule has 1 aromatic heterocycles. The zero-order valence-electron chi connectivity index (χ0n) is 16.2. The number of amides is 1. The first-order valence-corrected chi connectivity index (χ1v) is 10.7. The summed E-state index contributed by atoms with van der Waals surface area (Å²) in [4.78, 5) is 25.1. The number of carbonyl (C=O) groups excluding carboxylic acids is 1. The number of hydrogen-bond acceptors (Lipinski definition) is 5. The third-order valence-corrected chi connectivity index (χ3v) is 6.07. The Bertz CT molecular complexity index is 928. The number of hydrogen-bond donors (Lipinski definition) is 1. The average molecular weight is 405 g/mol. The number of anilines is 1. The van der Waals surface area contributed by atoms with Gasteiger partial charge in [0.15, 0.2) is 5.82 Å². The van der Waals surface area contributed by atoms with Crippen LogP contribution in [0, 0.1) is 5.92 Å². The van der Waals surface area contributed by atoms with E-state index < -0.39 is 0 Å². The summed E-state index contributed by atoms with van der Waals surface area (Å²) in [7, 11) is 0. The summed E-state index contributed by atoms with van der Waals surface area (Å²) in [5, 5.41) is 3.99. The third kappa shape index (κ3) is 5.15. The van der Waals surface area contributed by atoms with Crippen LogP contribution in [-0.2, 0) is 11.3 Å². The minimum Gasteiger partial charge on any atom is -0.354 e. The predicted molar refractivity (Wildman–Crippen MR) is 116 cm³/mol. The van der Waals surface area contributed by atoms with E-state index in [0.29, 0.717) is 6.54 Å². The van der Waals surface area contributed by atoms with Gasteiger partial charge in [0.25, 0.3) is 0 Å². The molecule has 2 heterocycles. The second-order valence-electron chi connectivity index (χ2n) is 7.06. The van der Waals surface area contributed by atoms with Crippen molar-refractivity contribution in [3.8, 4) is 0 Å². The number of piperidine rings is 1. The first-order chi connectivity index (χ1) is 14.3. The maximum atomic E-state index is 12.6. The van der Waals surface area contributed by atoms with Gasteiger partial charge in [-0.1, -0.05) is 60.3 Å². The fraction of sp³-hybridized carbons (Fsp3) is 0.261. The number of aromatic nitrogens is 2. The second-order valence-corrected chi connectivity index (χ2v) is 8.13. The van der Waals surface area contributed by atoms with Crippen LogP contribution in [0.25, 0.3) is 0 Å². The van der Waals surface area contributed by atoms with E-state index in [2.05, 4.69) is 32.3 Å². The summed E-state index contributed by atoms with van der Waals surface area (Å²) >= 11 is 1.63. The maximum absolute atomic E-state index is 12.6. The minimum absolute atomic E-state index is 0.0526. The van der Waals surface area contributed by atoms with Crippen LogP contribution in [0.15, 0.2) is 83.0 Å². The molecule has 3 aromatic rings. The molecule has 1 fully saturated rings. The molecular formula is C23H24N4OS. The Morgan fingerprint density at radius 2 is 1.62 bits per heavy atom. The number of benzene rings is 2. The molecule has 4 rings (SSSR count). The minimum atomic E-state index is 0.0526. The van der Waals surface area contributed by atoms with E-state index in [-0.39, 0.29) is 11.8 Å². The second kappa shape index (κ2) is 9.56. The molecule has 0 atom stereocenters. The van der Waals surface area contributed by atoms with Crippen LogP contribution < -0.4 is 10.2 Å². The van der Waals surface area contributed by atoms with Crippen molar-refractivity contribution in [2.75, 3.05) is 18.0 Å². The van der Waals surface area contributed by atoms with Crippen molar-refractivity contribution < 1.29 is 4.79 Å². The predicted octanol–water partition coefficient (Wildman–Crippen LogP) is 4.16. The third-order valence-electron chi connectivity index (χ3n) is 5.08. The molecule has 5 nitrogen and oxygen atoms in total. The molecule has 0 unspecified atom stereocenters. The van der Waals surface area contributed by atoms with E-state index >= 15 is 0 Å². The summed E-state index contributed by atoms with van der Waals surface area (Å²) in [5.41, 5.74) is 1.13. The molecule has 1 saturated heterocycles. The molecule has 1 aliphatic heterocycles. The smallest absolute Gasteiger partial charge is 0.223 e. The van der Waals surface area contributed by atoms with Crippen molar-refractivity contribution in [2.45, 2.75) is 29.3 Å². The van der Waals surface area contributed by atoms with E-state index in [4.69, 9.17) is 0 Å². The van der Waals surface area contributed by atoms with E-state index in [9.17, 15) is 4.79 Å². The van der Waals surface area contributed by atoms with Gasteiger partial charge < -0.3 is 10.2 Å². The maximum Gasteiger partial charge on any atom is 0.223 e. The lowest BCUT2D eigenvalue weighted by Gasteiger charge is -2.32. The lowest BCUT2D eigenvalue weighted by atomic mass is 9.96. The monoisotopic (exact) mass is 404 g/mol. The molecule has 29 heavy (non-hydrogen) atoms. The van der Waals surface area contributed by atoms with Crippen LogP contribution in [0.3, 0.4) is 0 Å². The lowest BCUT2D eigenvalue weighted by molar-refractivity contribution is -0.125. The molecule has 6 heteroatoms. The Labute approximate surface area is 175 Å². The Morgan fingerprint density at radius 3 is 2.34 bits per heavy atom. The molecule has 0 radical (unpaired) electrons. The van der Waals surface area contributed by atoms with E-state index in [0.717, 1.165) is 47.2 Å². The summed E-state index contributed by atoms with van der Waals surface area (Å²) in [5.74, 6) is 1.10. The number of nitrogens with zero attached hydrogens (tertiary/aromatic N) is 3.